The molecule has 3 N–H and O–H groups in total. The van der Waals surface area contributed by atoms with Gasteiger partial charge in [0.15, 0.2) is 0 Å². The number of hydrogen-bond donors (Lipinski definition) is 2. The number of aryl methyl sites for hydroxylation is 1. The van der Waals surface area contributed by atoms with Crippen LogP contribution in [0.15, 0.2) is 30.3 Å². The van der Waals surface area contributed by atoms with E-state index in [4.69, 9.17) is 11.1 Å². The van der Waals surface area contributed by atoms with Gasteiger partial charge in [-0.3, -0.25) is 0 Å². The summed E-state index contributed by atoms with van der Waals surface area (Å²) in [6, 6.07) is 8.06. The number of rotatable bonds is 3. The average Bonchev–Trinajstić information content (AvgIpc) is 2.16. The van der Waals surface area contributed by atoms with E-state index in [0.717, 1.165) is 5.56 Å². The molecule has 13 heavy (non-hydrogen) atoms. The monoisotopic (exact) mass is 174 g/mol. The molecule has 0 saturated carbocycles. The van der Waals surface area contributed by atoms with Crippen molar-refractivity contribution in [2.45, 2.75) is 6.92 Å². The van der Waals surface area contributed by atoms with E-state index in [2.05, 4.69) is 0 Å². The van der Waals surface area contributed by atoms with Crippen molar-refractivity contribution >= 4 is 11.8 Å². The largest absolute Gasteiger partial charge is 0.325 e. The predicted molar refractivity (Wildman–Crippen MR) is 57.0 cm³/mol. The molecule has 0 aliphatic heterocycles. The van der Waals surface area contributed by atoms with E-state index in [1.54, 1.807) is 6.08 Å². The minimum atomic E-state index is 0.294. The van der Waals surface area contributed by atoms with E-state index in [0.29, 0.717) is 12.3 Å². The van der Waals surface area contributed by atoms with Crippen LogP contribution in [0.25, 0.3) is 6.08 Å². The maximum atomic E-state index is 7.35. The van der Waals surface area contributed by atoms with Crippen LogP contribution in [0.4, 0.5) is 0 Å². The third kappa shape index (κ3) is 2.84. The number of benzene rings is 1. The molecule has 0 radical (unpaired) electrons. The van der Waals surface area contributed by atoms with Gasteiger partial charge in [0.05, 0.1) is 0 Å². The Kier molecular flexibility index (Phi) is 3.41. The van der Waals surface area contributed by atoms with Crippen LogP contribution in [0.5, 0.6) is 0 Å². The standard InChI is InChI=1S/C11H14N2/c1-9-4-2-3-5-10(9)6-7-11(13)8-12/h2-7,13H,8,12H2,1H3/b7-6+,13-11?. The summed E-state index contributed by atoms with van der Waals surface area (Å²) in [6.07, 6.45) is 3.66. The van der Waals surface area contributed by atoms with Crippen molar-refractivity contribution in [3.63, 3.8) is 0 Å². The molecular formula is C11H14N2. The zero-order valence-corrected chi connectivity index (χ0v) is 7.75. The summed E-state index contributed by atoms with van der Waals surface area (Å²) in [6.45, 7) is 2.34. The van der Waals surface area contributed by atoms with Crippen LogP contribution in [0.3, 0.4) is 0 Å². The highest BCUT2D eigenvalue weighted by molar-refractivity contribution is 5.97. The van der Waals surface area contributed by atoms with E-state index in [1.165, 1.54) is 5.56 Å². The van der Waals surface area contributed by atoms with E-state index >= 15 is 0 Å². The third-order valence-corrected chi connectivity index (χ3v) is 1.87. The first-order valence-electron chi connectivity index (χ1n) is 4.25. The average molecular weight is 174 g/mol. The van der Waals surface area contributed by atoms with Crippen molar-refractivity contribution in [2.24, 2.45) is 5.73 Å². The summed E-state index contributed by atoms with van der Waals surface area (Å²) in [4.78, 5) is 0. The van der Waals surface area contributed by atoms with E-state index in [9.17, 15) is 0 Å². The molecule has 0 spiro atoms. The van der Waals surface area contributed by atoms with Gasteiger partial charge in [0.25, 0.3) is 0 Å². The summed E-state index contributed by atoms with van der Waals surface area (Å²) in [5.41, 5.74) is 8.10. The van der Waals surface area contributed by atoms with Gasteiger partial charge in [-0.25, -0.2) is 0 Å². The molecule has 0 aromatic heterocycles. The Morgan fingerprint density at radius 2 is 2.15 bits per heavy atom. The highest BCUT2D eigenvalue weighted by Gasteiger charge is 1.91. The highest BCUT2D eigenvalue weighted by Crippen LogP contribution is 2.08. The van der Waals surface area contributed by atoms with Crippen LogP contribution < -0.4 is 5.73 Å². The van der Waals surface area contributed by atoms with Crippen molar-refractivity contribution in [2.75, 3.05) is 6.54 Å². The Morgan fingerprint density at radius 3 is 2.77 bits per heavy atom. The molecule has 0 unspecified atom stereocenters. The van der Waals surface area contributed by atoms with Crippen molar-refractivity contribution < 1.29 is 0 Å². The fourth-order valence-corrected chi connectivity index (χ4v) is 1.03. The van der Waals surface area contributed by atoms with Crippen molar-refractivity contribution in [1.29, 1.82) is 5.41 Å². The molecule has 0 fully saturated rings. The second kappa shape index (κ2) is 4.58. The van der Waals surface area contributed by atoms with E-state index in [-0.39, 0.29) is 0 Å². The molecule has 0 bridgehead atoms. The summed E-state index contributed by atoms with van der Waals surface area (Å²) in [7, 11) is 0. The lowest BCUT2D eigenvalue weighted by molar-refractivity contribution is 1.28. The molecule has 1 aromatic rings. The second-order valence-corrected chi connectivity index (χ2v) is 2.92. The molecule has 1 rings (SSSR count). The third-order valence-electron chi connectivity index (χ3n) is 1.87. The Labute approximate surface area is 78.6 Å². The second-order valence-electron chi connectivity index (χ2n) is 2.92. The van der Waals surface area contributed by atoms with Crippen LogP contribution in [0.2, 0.25) is 0 Å². The lowest BCUT2D eigenvalue weighted by atomic mass is 10.1. The molecule has 0 aliphatic carbocycles. The van der Waals surface area contributed by atoms with Crippen LogP contribution in [0.1, 0.15) is 11.1 Å². The van der Waals surface area contributed by atoms with E-state index in [1.807, 2.05) is 37.3 Å². The first kappa shape index (κ1) is 9.68. The molecule has 0 saturated heterocycles. The van der Waals surface area contributed by atoms with Crippen LogP contribution >= 0.6 is 0 Å². The van der Waals surface area contributed by atoms with Gasteiger partial charge in [0, 0.05) is 12.3 Å². The summed E-state index contributed by atoms with van der Waals surface area (Å²) >= 11 is 0. The molecule has 2 heteroatoms. The van der Waals surface area contributed by atoms with Gasteiger partial charge in [-0.05, 0) is 24.1 Å². The lowest BCUT2D eigenvalue weighted by Gasteiger charge is -1.98. The molecule has 0 amide bonds. The first-order chi connectivity index (χ1) is 6.24. The van der Waals surface area contributed by atoms with Gasteiger partial charge >= 0.3 is 0 Å². The molecule has 2 nitrogen and oxygen atoms in total. The van der Waals surface area contributed by atoms with Gasteiger partial charge in [0.1, 0.15) is 0 Å². The minimum Gasteiger partial charge on any atom is -0.325 e. The van der Waals surface area contributed by atoms with Crippen LogP contribution in [-0.4, -0.2) is 12.3 Å². The summed E-state index contributed by atoms with van der Waals surface area (Å²) in [5, 5.41) is 7.35. The zero-order chi connectivity index (χ0) is 9.68. The number of nitrogens with two attached hydrogens (primary N) is 1. The summed E-state index contributed by atoms with van der Waals surface area (Å²) < 4.78 is 0. The highest BCUT2D eigenvalue weighted by atomic mass is 14.6. The lowest BCUT2D eigenvalue weighted by Crippen LogP contribution is -2.08. The molecule has 0 heterocycles. The zero-order valence-electron chi connectivity index (χ0n) is 7.75. The number of hydrogen-bond acceptors (Lipinski definition) is 2. The maximum Gasteiger partial charge on any atom is 0.0450 e. The van der Waals surface area contributed by atoms with Crippen LogP contribution in [-0.2, 0) is 0 Å². The van der Waals surface area contributed by atoms with Gasteiger partial charge < -0.3 is 11.1 Å². The van der Waals surface area contributed by atoms with Crippen molar-refractivity contribution in [3.05, 3.63) is 41.5 Å². The van der Waals surface area contributed by atoms with Crippen molar-refractivity contribution in [3.8, 4) is 0 Å². The molecule has 0 atom stereocenters. The van der Waals surface area contributed by atoms with Gasteiger partial charge in [0.2, 0.25) is 0 Å². The fourth-order valence-electron chi connectivity index (χ4n) is 1.03. The number of nitrogens with one attached hydrogen (secondary N) is 1. The Bertz CT molecular complexity index is 327. The Hall–Kier alpha value is -1.41. The van der Waals surface area contributed by atoms with E-state index < -0.39 is 0 Å². The Morgan fingerprint density at radius 1 is 1.46 bits per heavy atom. The molecule has 0 aliphatic rings. The normalized spacial score (nSPS) is 10.6. The minimum absolute atomic E-state index is 0.294. The molecular weight excluding hydrogens is 160 g/mol. The molecule has 1 aromatic carbocycles. The van der Waals surface area contributed by atoms with Gasteiger partial charge in [-0.2, -0.15) is 0 Å². The van der Waals surface area contributed by atoms with Gasteiger partial charge in [-0.15, -0.1) is 0 Å². The summed E-state index contributed by atoms with van der Waals surface area (Å²) in [5.74, 6) is 0. The quantitative estimate of drug-likeness (QED) is 0.676. The van der Waals surface area contributed by atoms with Crippen LogP contribution in [0, 0.1) is 12.3 Å². The fraction of sp³-hybridized carbons (Fsp3) is 0.182. The Balaban J connectivity index is 2.80. The van der Waals surface area contributed by atoms with Crippen molar-refractivity contribution in [1.82, 2.24) is 0 Å². The predicted octanol–water partition coefficient (Wildman–Crippen LogP) is 1.99. The topological polar surface area (TPSA) is 49.9 Å². The first-order valence-corrected chi connectivity index (χ1v) is 4.25. The smallest absolute Gasteiger partial charge is 0.0450 e. The van der Waals surface area contributed by atoms with Gasteiger partial charge in [-0.1, -0.05) is 30.3 Å². The molecule has 68 valence electrons. The maximum absolute atomic E-state index is 7.35. The SMILES string of the molecule is Cc1ccccc1/C=C/C(=N)CN.